The molecule has 1 N–H and O–H groups in total. The van der Waals surface area contributed by atoms with Gasteiger partial charge < -0.3 is 24.3 Å². The standard InChI is InChI=1S/C15H21BrN6O2/c1-9-7-22(8-10(2)24-9)15-19-12-11(17-14(16)18-12)13(20-15)21-3-5-23-6-4-21/h9-10H,3-8H2,1-2H3,(H,17,18,19,20). The van der Waals surface area contributed by atoms with Crippen LogP contribution in [0.3, 0.4) is 0 Å². The van der Waals surface area contributed by atoms with Gasteiger partial charge in [-0.05, 0) is 29.8 Å². The molecule has 0 aromatic carbocycles. The maximum absolute atomic E-state index is 5.82. The zero-order chi connectivity index (χ0) is 16.7. The van der Waals surface area contributed by atoms with Gasteiger partial charge in [0.15, 0.2) is 16.2 Å². The summed E-state index contributed by atoms with van der Waals surface area (Å²) in [4.78, 5) is 21.6. The van der Waals surface area contributed by atoms with Gasteiger partial charge in [-0.1, -0.05) is 0 Å². The van der Waals surface area contributed by atoms with Crippen molar-refractivity contribution in [3.05, 3.63) is 4.73 Å². The first kappa shape index (κ1) is 16.0. The van der Waals surface area contributed by atoms with Gasteiger partial charge in [-0.3, -0.25) is 0 Å². The molecule has 2 aliphatic rings. The number of nitrogens with zero attached hydrogens (tertiary/aromatic N) is 5. The van der Waals surface area contributed by atoms with Crippen molar-refractivity contribution in [2.45, 2.75) is 26.1 Å². The van der Waals surface area contributed by atoms with Crippen molar-refractivity contribution < 1.29 is 9.47 Å². The highest BCUT2D eigenvalue weighted by molar-refractivity contribution is 9.10. The van der Waals surface area contributed by atoms with E-state index in [0.717, 1.165) is 37.5 Å². The van der Waals surface area contributed by atoms with Crippen LogP contribution in [0.2, 0.25) is 0 Å². The molecule has 2 aliphatic heterocycles. The van der Waals surface area contributed by atoms with E-state index in [-0.39, 0.29) is 12.2 Å². The predicted octanol–water partition coefficient (Wildman–Crippen LogP) is 1.57. The molecule has 8 nitrogen and oxygen atoms in total. The number of nitrogens with one attached hydrogen (secondary N) is 1. The monoisotopic (exact) mass is 396 g/mol. The summed E-state index contributed by atoms with van der Waals surface area (Å²) in [6.45, 7) is 8.78. The number of hydrogen-bond donors (Lipinski definition) is 1. The zero-order valence-electron chi connectivity index (χ0n) is 13.8. The van der Waals surface area contributed by atoms with Crippen LogP contribution in [0.5, 0.6) is 0 Å². The fourth-order valence-corrected chi connectivity index (χ4v) is 3.70. The maximum Gasteiger partial charge on any atom is 0.229 e. The van der Waals surface area contributed by atoms with Gasteiger partial charge in [0, 0.05) is 26.2 Å². The Morgan fingerprint density at radius 2 is 1.75 bits per heavy atom. The number of aromatic amines is 1. The summed E-state index contributed by atoms with van der Waals surface area (Å²) in [5, 5.41) is 0. The minimum atomic E-state index is 0.158. The van der Waals surface area contributed by atoms with Crippen LogP contribution in [0, 0.1) is 0 Å². The van der Waals surface area contributed by atoms with E-state index < -0.39 is 0 Å². The van der Waals surface area contributed by atoms with E-state index in [0.29, 0.717) is 29.5 Å². The van der Waals surface area contributed by atoms with Crippen molar-refractivity contribution in [3.63, 3.8) is 0 Å². The number of H-pyrrole nitrogens is 1. The summed E-state index contributed by atoms with van der Waals surface area (Å²) < 4.78 is 12.0. The molecule has 4 heterocycles. The smallest absolute Gasteiger partial charge is 0.229 e. The Morgan fingerprint density at radius 1 is 1.04 bits per heavy atom. The molecule has 2 saturated heterocycles. The Bertz CT molecular complexity index is 722. The van der Waals surface area contributed by atoms with Crippen LogP contribution in [-0.4, -0.2) is 71.5 Å². The van der Waals surface area contributed by atoms with Crippen molar-refractivity contribution >= 4 is 38.9 Å². The van der Waals surface area contributed by atoms with Crippen LogP contribution in [0.15, 0.2) is 4.73 Å². The molecule has 2 atom stereocenters. The van der Waals surface area contributed by atoms with Gasteiger partial charge in [-0.15, -0.1) is 0 Å². The van der Waals surface area contributed by atoms with Crippen LogP contribution < -0.4 is 9.80 Å². The molecule has 2 aromatic rings. The van der Waals surface area contributed by atoms with Crippen LogP contribution in [0.25, 0.3) is 11.2 Å². The average Bonchev–Trinajstić information content (AvgIpc) is 2.94. The lowest BCUT2D eigenvalue weighted by Gasteiger charge is -2.36. The van der Waals surface area contributed by atoms with Gasteiger partial charge in [-0.25, -0.2) is 4.98 Å². The van der Waals surface area contributed by atoms with Gasteiger partial charge in [0.25, 0.3) is 0 Å². The number of rotatable bonds is 2. The number of morpholine rings is 2. The molecule has 0 aliphatic carbocycles. The normalized spacial score (nSPS) is 25.5. The van der Waals surface area contributed by atoms with Gasteiger partial charge in [-0.2, -0.15) is 9.97 Å². The topological polar surface area (TPSA) is 79.4 Å². The van der Waals surface area contributed by atoms with E-state index in [1.165, 1.54) is 0 Å². The Labute approximate surface area is 148 Å². The molecule has 0 radical (unpaired) electrons. The van der Waals surface area contributed by atoms with E-state index in [1.54, 1.807) is 0 Å². The molecule has 2 aromatic heterocycles. The number of hydrogen-bond acceptors (Lipinski definition) is 7. The Balaban J connectivity index is 1.75. The molecule has 0 bridgehead atoms. The largest absolute Gasteiger partial charge is 0.378 e. The fraction of sp³-hybridized carbons (Fsp3) is 0.667. The van der Waals surface area contributed by atoms with E-state index in [9.17, 15) is 0 Å². The van der Waals surface area contributed by atoms with Gasteiger partial charge in [0.2, 0.25) is 5.95 Å². The van der Waals surface area contributed by atoms with Crippen molar-refractivity contribution in [2.24, 2.45) is 0 Å². The molecule has 4 rings (SSSR count). The number of fused-ring (bicyclic) bond motifs is 1. The summed E-state index contributed by atoms with van der Waals surface area (Å²) in [5.41, 5.74) is 1.54. The predicted molar refractivity (Wildman–Crippen MR) is 94.6 cm³/mol. The highest BCUT2D eigenvalue weighted by atomic mass is 79.9. The van der Waals surface area contributed by atoms with Crippen molar-refractivity contribution in [2.75, 3.05) is 49.2 Å². The third-order valence-electron chi connectivity index (χ3n) is 4.30. The van der Waals surface area contributed by atoms with Crippen LogP contribution in [-0.2, 0) is 9.47 Å². The SMILES string of the molecule is CC1CN(c2nc(N3CCOCC3)c3[nH]c(Br)nc3n2)CC(C)O1. The third-order valence-corrected chi connectivity index (χ3v) is 4.68. The quantitative estimate of drug-likeness (QED) is 0.771. The molecule has 9 heteroatoms. The maximum atomic E-state index is 5.82. The molecule has 130 valence electrons. The lowest BCUT2D eigenvalue weighted by atomic mass is 10.2. The van der Waals surface area contributed by atoms with Crippen LogP contribution in [0.1, 0.15) is 13.8 Å². The van der Waals surface area contributed by atoms with E-state index in [4.69, 9.17) is 14.5 Å². The van der Waals surface area contributed by atoms with E-state index in [1.807, 2.05) is 0 Å². The number of imidazole rings is 1. The van der Waals surface area contributed by atoms with Crippen molar-refractivity contribution in [1.82, 2.24) is 19.9 Å². The summed E-state index contributed by atoms with van der Waals surface area (Å²) in [5.74, 6) is 1.60. The fourth-order valence-electron chi connectivity index (χ4n) is 3.33. The van der Waals surface area contributed by atoms with Crippen molar-refractivity contribution in [3.8, 4) is 0 Å². The Hall–Kier alpha value is -1.45. The van der Waals surface area contributed by atoms with Gasteiger partial charge >= 0.3 is 0 Å². The molecular weight excluding hydrogens is 376 g/mol. The second-order valence-corrected chi connectivity index (χ2v) is 7.09. The molecule has 2 fully saturated rings. The molecule has 2 unspecified atom stereocenters. The minimum absolute atomic E-state index is 0.158. The number of halogens is 1. The second-order valence-electron chi connectivity index (χ2n) is 6.34. The van der Waals surface area contributed by atoms with Gasteiger partial charge in [0.1, 0.15) is 5.52 Å². The summed E-state index contributed by atoms with van der Waals surface area (Å²) in [7, 11) is 0. The molecule has 0 spiro atoms. The lowest BCUT2D eigenvalue weighted by Crippen LogP contribution is -2.46. The number of ether oxygens (including phenoxy) is 2. The van der Waals surface area contributed by atoms with Crippen LogP contribution >= 0.6 is 15.9 Å². The molecule has 0 saturated carbocycles. The molecular formula is C15H21BrN6O2. The number of aromatic nitrogens is 4. The average molecular weight is 397 g/mol. The minimum Gasteiger partial charge on any atom is -0.378 e. The highest BCUT2D eigenvalue weighted by Crippen LogP contribution is 2.28. The third kappa shape index (κ3) is 3.07. The zero-order valence-corrected chi connectivity index (χ0v) is 15.4. The van der Waals surface area contributed by atoms with Gasteiger partial charge in [0.05, 0.1) is 25.4 Å². The highest BCUT2D eigenvalue weighted by Gasteiger charge is 2.27. The van der Waals surface area contributed by atoms with Crippen molar-refractivity contribution in [1.29, 1.82) is 0 Å². The molecule has 24 heavy (non-hydrogen) atoms. The summed E-state index contributed by atoms with van der Waals surface area (Å²) in [6.07, 6.45) is 0.316. The Kier molecular flexibility index (Phi) is 4.31. The van der Waals surface area contributed by atoms with E-state index >= 15 is 0 Å². The Morgan fingerprint density at radius 3 is 2.46 bits per heavy atom. The van der Waals surface area contributed by atoms with E-state index in [2.05, 4.69) is 54.5 Å². The second kappa shape index (κ2) is 6.45. The number of anilines is 2. The first-order valence-electron chi connectivity index (χ1n) is 8.26. The summed E-state index contributed by atoms with van der Waals surface area (Å²) in [6, 6.07) is 0. The first-order valence-corrected chi connectivity index (χ1v) is 9.06. The summed E-state index contributed by atoms with van der Waals surface area (Å²) >= 11 is 3.41. The first-order chi connectivity index (χ1) is 11.6. The molecule has 0 amide bonds. The van der Waals surface area contributed by atoms with Crippen LogP contribution in [0.4, 0.5) is 11.8 Å². The lowest BCUT2D eigenvalue weighted by molar-refractivity contribution is -0.00570.